The van der Waals surface area contributed by atoms with Crippen molar-refractivity contribution in [2.24, 2.45) is 5.41 Å². The molecule has 0 spiro atoms. The molecule has 2 N–H and O–H groups in total. The van der Waals surface area contributed by atoms with E-state index in [1.54, 1.807) is 38.4 Å². The van der Waals surface area contributed by atoms with E-state index in [2.05, 4.69) is 25.3 Å². The Morgan fingerprint density at radius 2 is 1.95 bits per heavy atom. The van der Waals surface area contributed by atoms with Gasteiger partial charge in [0, 0.05) is 18.3 Å². The summed E-state index contributed by atoms with van der Waals surface area (Å²) in [5, 5.41) is 12.4. The highest BCUT2D eigenvalue weighted by Gasteiger charge is 2.28. The van der Waals surface area contributed by atoms with Crippen molar-refractivity contribution in [1.82, 2.24) is 19.9 Å². The van der Waals surface area contributed by atoms with Crippen LogP contribution in [-0.4, -0.2) is 56.8 Å². The predicted molar refractivity (Wildman–Crippen MR) is 161 cm³/mol. The maximum Gasteiger partial charge on any atom is 0.309 e. The van der Waals surface area contributed by atoms with Crippen molar-refractivity contribution >= 4 is 23.4 Å². The van der Waals surface area contributed by atoms with E-state index in [0.717, 1.165) is 19.4 Å². The Hall–Kier alpha value is -4.87. The van der Waals surface area contributed by atoms with Crippen molar-refractivity contribution in [1.29, 1.82) is 0 Å². The molecule has 0 aliphatic carbocycles. The highest BCUT2D eigenvalue weighted by molar-refractivity contribution is 5.74. The normalized spacial score (nSPS) is 15.1. The molecular formula is C32H34F2N6O4. The second-order valence-corrected chi connectivity index (χ2v) is 11.2. The number of anilines is 3. The summed E-state index contributed by atoms with van der Waals surface area (Å²) in [7, 11) is 0. The lowest BCUT2D eigenvalue weighted by Crippen LogP contribution is -2.41. The number of aliphatic carboxylic acids is 1. The lowest BCUT2D eigenvalue weighted by atomic mass is 9.85. The summed E-state index contributed by atoms with van der Waals surface area (Å²) >= 11 is 0. The molecule has 5 rings (SSSR count). The number of carboxylic acids is 1. The van der Waals surface area contributed by atoms with Crippen molar-refractivity contribution in [3.05, 3.63) is 78.3 Å². The maximum absolute atomic E-state index is 14.9. The standard InChI is InChI=1S/C32H34F2N6O4/c1-4-43-26-8-5-13-36-30(26)44-21-7-6-14-40(19-21)28-18-35-17-27(38-28)39-29-24(34)11-12-25(37-29)22-15-20(9-10-23(22)33)16-32(2,3)31(41)42/h5,8-13,15,17-18,21H,4,6-7,14,16,19H2,1-3H3,(H,41,42)(H,37,38,39). The number of hydrogen-bond donors (Lipinski definition) is 2. The molecule has 1 unspecified atom stereocenters. The van der Waals surface area contributed by atoms with Crippen LogP contribution in [0, 0.1) is 17.0 Å². The zero-order valence-electron chi connectivity index (χ0n) is 24.8. The molecular weight excluding hydrogens is 570 g/mol. The summed E-state index contributed by atoms with van der Waals surface area (Å²) in [6.07, 6.45) is 6.45. The Morgan fingerprint density at radius 1 is 1.14 bits per heavy atom. The van der Waals surface area contributed by atoms with Gasteiger partial charge in [0.25, 0.3) is 5.88 Å². The van der Waals surface area contributed by atoms with Gasteiger partial charge in [0.2, 0.25) is 0 Å². The van der Waals surface area contributed by atoms with E-state index in [1.807, 2.05) is 17.9 Å². The fourth-order valence-corrected chi connectivity index (χ4v) is 4.96. The number of aromatic nitrogens is 4. The lowest BCUT2D eigenvalue weighted by Gasteiger charge is -2.33. The number of rotatable bonds is 11. The third-order valence-corrected chi connectivity index (χ3v) is 7.26. The summed E-state index contributed by atoms with van der Waals surface area (Å²) < 4.78 is 41.6. The maximum atomic E-state index is 14.9. The highest BCUT2D eigenvalue weighted by Crippen LogP contribution is 2.31. The number of hydrogen-bond acceptors (Lipinski definition) is 9. The number of ether oxygens (including phenoxy) is 2. The first kappa shape index (κ1) is 30.6. The SMILES string of the molecule is CCOc1cccnc1OC1CCCN(c2cncc(Nc3nc(-c4cc(CC(C)(C)C(=O)O)ccc4F)ccc3F)n2)C1. The quantitative estimate of drug-likeness (QED) is 0.209. The van der Waals surface area contributed by atoms with Crippen LogP contribution in [0.3, 0.4) is 0 Å². The van der Waals surface area contributed by atoms with Gasteiger partial charge in [0.1, 0.15) is 17.7 Å². The lowest BCUT2D eigenvalue weighted by molar-refractivity contribution is -0.146. The average molecular weight is 605 g/mol. The zero-order chi connectivity index (χ0) is 31.3. The van der Waals surface area contributed by atoms with Crippen LogP contribution in [0.5, 0.6) is 11.6 Å². The van der Waals surface area contributed by atoms with Crippen LogP contribution in [0.4, 0.5) is 26.2 Å². The number of carboxylic acid groups (broad SMARTS) is 1. The minimum absolute atomic E-state index is 0.131. The molecule has 1 aromatic carbocycles. The molecule has 1 saturated heterocycles. The van der Waals surface area contributed by atoms with E-state index in [4.69, 9.17) is 9.47 Å². The molecule has 44 heavy (non-hydrogen) atoms. The van der Waals surface area contributed by atoms with Gasteiger partial charge < -0.3 is 24.8 Å². The number of carbonyl (C=O) groups is 1. The second-order valence-electron chi connectivity index (χ2n) is 11.2. The zero-order valence-corrected chi connectivity index (χ0v) is 24.8. The number of nitrogens with zero attached hydrogens (tertiary/aromatic N) is 5. The topological polar surface area (TPSA) is 123 Å². The van der Waals surface area contributed by atoms with E-state index in [-0.39, 0.29) is 35.4 Å². The van der Waals surface area contributed by atoms with Crippen molar-refractivity contribution in [2.45, 2.75) is 46.1 Å². The number of pyridine rings is 2. The summed E-state index contributed by atoms with van der Waals surface area (Å²) in [4.78, 5) is 31.2. The Labute approximate surface area is 254 Å². The molecule has 0 bridgehead atoms. The molecule has 10 nitrogen and oxygen atoms in total. The molecule has 4 heterocycles. The molecule has 1 fully saturated rings. The van der Waals surface area contributed by atoms with Gasteiger partial charge in [-0.3, -0.25) is 9.78 Å². The summed E-state index contributed by atoms with van der Waals surface area (Å²) in [6, 6.07) is 10.5. The molecule has 3 aromatic heterocycles. The molecule has 4 aromatic rings. The molecule has 230 valence electrons. The van der Waals surface area contributed by atoms with Gasteiger partial charge in [-0.1, -0.05) is 6.07 Å². The van der Waals surface area contributed by atoms with Crippen LogP contribution >= 0.6 is 0 Å². The van der Waals surface area contributed by atoms with Gasteiger partial charge in [-0.15, -0.1) is 0 Å². The number of halogens is 2. The van der Waals surface area contributed by atoms with E-state index >= 15 is 0 Å². The smallest absolute Gasteiger partial charge is 0.309 e. The third-order valence-electron chi connectivity index (χ3n) is 7.26. The van der Waals surface area contributed by atoms with E-state index < -0.39 is 23.0 Å². The van der Waals surface area contributed by atoms with E-state index in [0.29, 0.717) is 36.2 Å². The van der Waals surface area contributed by atoms with Crippen molar-refractivity contribution in [3.8, 4) is 22.9 Å². The fraction of sp³-hybridized carbons (Fsp3) is 0.344. The average Bonchev–Trinajstić information content (AvgIpc) is 3.00. The summed E-state index contributed by atoms with van der Waals surface area (Å²) in [6.45, 7) is 6.87. The Bertz CT molecular complexity index is 1640. The molecule has 0 amide bonds. The van der Waals surface area contributed by atoms with Crippen LogP contribution in [0.25, 0.3) is 11.3 Å². The van der Waals surface area contributed by atoms with Gasteiger partial charge >= 0.3 is 5.97 Å². The van der Waals surface area contributed by atoms with E-state index in [1.165, 1.54) is 30.5 Å². The van der Waals surface area contributed by atoms with Crippen LogP contribution in [-0.2, 0) is 11.2 Å². The van der Waals surface area contributed by atoms with Crippen molar-refractivity contribution in [2.75, 3.05) is 29.9 Å². The van der Waals surface area contributed by atoms with Gasteiger partial charge in [-0.25, -0.2) is 23.7 Å². The second kappa shape index (κ2) is 13.2. The van der Waals surface area contributed by atoms with Gasteiger partial charge in [-0.2, -0.15) is 0 Å². The Balaban J connectivity index is 1.33. The minimum Gasteiger partial charge on any atom is -0.488 e. The first-order valence-electron chi connectivity index (χ1n) is 14.4. The fourth-order valence-electron chi connectivity index (χ4n) is 4.96. The number of benzene rings is 1. The molecule has 1 aliphatic heterocycles. The number of piperidine rings is 1. The number of nitrogens with one attached hydrogen (secondary N) is 1. The summed E-state index contributed by atoms with van der Waals surface area (Å²) in [5.74, 6) is -0.466. The van der Waals surface area contributed by atoms with Gasteiger partial charge in [0.15, 0.2) is 23.2 Å². The van der Waals surface area contributed by atoms with Gasteiger partial charge in [-0.05, 0) is 82.0 Å². The Kier molecular flexibility index (Phi) is 9.17. The monoisotopic (exact) mass is 604 g/mol. The molecule has 1 aliphatic rings. The molecule has 12 heteroatoms. The van der Waals surface area contributed by atoms with Crippen molar-refractivity contribution < 1.29 is 28.2 Å². The van der Waals surface area contributed by atoms with Gasteiger partial charge in [0.05, 0.1) is 36.7 Å². The first-order valence-corrected chi connectivity index (χ1v) is 14.4. The first-order chi connectivity index (χ1) is 21.1. The van der Waals surface area contributed by atoms with Crippen LogP contribution < -0.4 is 19.7 Å². The largest absolute Gasteiger partial charge is 0.488 e. The Morgan fingerprint density at radius 3 is 2.75 bits per heavy atom. The molecule has 0 radical (unpaired) electrons. The van der Waals surface area contributed by atoms with Crippen LogP contribution in [0.15, 0.2) is 61.1 Å². The molecule has 0 saturated carbocycles. The van der Waals surface area contributed by atoms with E-state index in [9.17, 15) is 18.7 Å². The third kappa shape index (κ3) is 7.19. The predicted octanol–water partition coefficient (Wildman–Crippen LogP) is 6.06. The van der Waals surface area contributed by atoms with Crippen molar-refractivity contribution in [3.63, 3.8) is 0 Å². The summed E-state index contributed by atoms with van der Waals surface area (Å²) in [5.41, 5.74) is -0.115. The minimum atomic E-state index is -1.05. The highest BCUT2D eigenvalue weighted by atomic mass is 19.1. The van der Waals surface area contributed by atoms with Crippen LogP contribution in [0.2, 0.25) is 0 Å². The van der Waals surface area contributed by atoms with Crippen LogP contribution in [0.1, 0.15) is 39.2 Å². The molecule has 1 atom stereocenters.